The van der Waals surface area contributed by atoms with E-state index in [2.05, 4.69) is 13.8 Å². The number of hydrogen-bond acceptors (Lipinski definition) is 4. The van der Waals surface area contributed by atoms with Crippen LogP contribution in [0, 0.1) is 0 Å². The second kappa shape index (κ2) is 27.7. The van der Waals surface area contributed by atoms with Crippen LogP contribution in [-0.2, 0) is 19.0 Å². The molecule has 0 bridgehead atoms. The molecular formula is C35H68O4. The highest BCUT2D eigenvalue weighted by Gasteiger charge is 2.37. The molecule has 0 N–H and O–H groups in total. The van der Waals surface area contributed by atoms with Crippen LogP contribution >= 0.6 is 0 Å². The number of carbonyl (C=O) groups is 1. The minimum absolute atomic E-state index is 0.0103. The zero-order chi connectivity index (χ0) is 28.1. The zero-order valence-corrected chi connectivity index (χ0v) is 26.6. The van der Waals surface area contributed by atoms with E-state index in [1.165, 1.54) is 161 Å². The molecule has 0 aromatic heterocycles. The number of unbranched alkanes of at least 4 members (excludes halogenated alkanes) is 25. The second-order valence-electron chi connectivity index (χ2n) is 12.2. The van der Waals surface area contributed by atoms with E-state index in [1.807, 2.05) is 0 Å². The number of rotatable bonds is 30. The summed E-state index contributed by atoms with van der Waals surface area (Å²) >= 11 is 0. The predicted octanol–water partition coefficient (Wildman–Crippen LogP) is 11.2. The van der Waals surface area contributed by atoms with Crippen molar-refractivity contribution in [3.63, 3.8) is 0 Å². The van der Waals surface area contributed by atoms with E-state index in [-0.39, 0.29) is 19.0 Å². The molecule has 0 radical (unpaired) electrons. The van der Waals surface area contributed by atoms with Crippen molar-refractivity contribution < 1.29 is 19.0 Å². The van der Waals surface area contributed by atoms with Crippen molar-refractivity contribution in [1.82, 2.24) is 0 Å². The van der Waals surface area contributed by atoms with Gasteiger partial charge in [-0.2, -0.15) is 0 Å². The van der Waals surface area contributed by atoms with Gasteiger partial charge in [-0.1, -0.05) is 174 Å². The Balaban J connectivity index is 1.99. The summed E-state index contributed by atoms with van der Waals surface area (Å²) in [5.74, 6) is -0.974. The fourth-order valence-corrected chi connectivity index (χ4v) is 5.65. The Kier molecular flexibility index (Phi) is 26.0. The smallest absolute Gasteiger partial charge is 0.283 e. The molecule has 0 atom stereocenters. The van der Waals surface area contributed by atoms with Gasteiger partial charge in [-0.05, 0) is 12.8 Å². The van der Waals surface area contributed by atoms with Gasteiger partial charge in [0.1, 0.15) is 13.2 Å². The summed E-state index contributed by atoms with van der Waals surface area (Å²) in [6.07, 6.45) is 37.0. The van der Waals surface area contributed by atoms with Gasteiger partial charge < -0.3 is 14.2 Å². The van der Waals surface area contributed by atoms with Gasteiger partial charge in [-0.25, -0.2) is 0 Å². The average Bonchev–Trinajstić information content (AvgIpc) is 2.95. The van der Waals surface area contributed by atoms with Crippen LogP contribution in [-0.4, -0.2) is 31.6 Å². The Hall–Kier alpha value is -0.450. The van der Waals surface area contributed by atoms with Gasteiger partial charge in [-0.15, -0.1) is 0 Å². The lowest BCUT2D eigenvalue weighted by atomic mass is 10.0. The highest BCUT2D eigenvalue weighted by molar-refractivity contribution is 5.81. The van der Waals surface area contributed by atoms with Gasteiger partial charge in [-0.3, -0.25) is 4.79 Å². The molecule has 0 aliphatic carbocycles. The molecule has 0 unspecified atom stereocenters. The molecule has 0 spiro atoms. The van der Waals surface area contributed by atoms with E-state index in [0.29, 0.717) is 6.61 Å². The monoisotopic (exact) mass is 553 g/mol. The second-order valence-corrected chi connectivity index (χ2v) is 12.2. The van der Waals surface area contributed by atoms with Gasteiger partial charge in [0.2, 0.25) is 0 Å². The Morgan fingerprint density at radius 2 is 0.795 bits per heavy atom. The van der Waals surface area contributed by atoms with Crippen LogP contribution in [0.2, 0.25) is 0 Å². The fraction of sp³-hybridized carbons (Fsp3) is 0.971. The van der Waals surface area contributed by atoms with Gasteiger partial charge >= 0.3 is 0 Å². The third kappa shape index (κ3) is 22.9. The molecule has 4 nitrogen and oxygen atoms in total. The van der Waals surface area contributed by atoms with Crippen LogP contribution in [0.15, 0.2) is 0 Å². The number of Topliss-reactive ketones (excluding diaryl/α,β-unsaturated/α-hetero) is 1. The van der Waals surface area contributed by atoms with Gasteiger partial charge in [0.05, 0.1) is 6.61 Å². The zero-order valence-electron chi connectivity index (χ0n) is 26.6. The first-order chi connectivity index (χ1) is 19.2. The molecule has 232 valence electrons. The molecule has 1 rings (SSSR count). The SMILES string of the molecule is CCCCCCCCCCCCCCCCOC1(CCCCCCCCCCCCCCC)OCC(=O)CO1. The number of carbonyl (C=O) groups excluding carboxylic acids is 1. The van der Waals surface area contributed by atoms with E-state index in [1.54, 1.807) is 0 Å². The molecular weight excluding hydrogens is 484 g/mol. The van der Waals surface area contributed by atoms with E-state index in [0.717, 1.165) is 19.3 Å². The highest BCUT2D eigenvalue weighted by atomic mass is 16.9. The predicted molar refractivity (Wildman–Crippen MR) is 166 cm³/mol. The first-order valence-corrected chi connectivity index (χ1v) is 17.7. The molecule has 1 aliphatic rings. The summed E-state index contributed by atoms with van der Waals surface area (Å²) in [7, 11) is 0. The Morgan fingerprint density at radius 1 is 0.487 bits per heavy atom. The maximum absolute atomic E-state index is 11.6. The minimum atomic E-state index is -0.984. The molecule has 1 fully saturated rings. The maximum atomic E-state index is 11.6. The van der Waals surface area contributed by atoms with Gasteiger partial charge in [0.15, 0.2) is 5.78 Å². The number of ketones is 1. The molecule has 0 saturated carbocycles. The van der Waals surface area contributed by atoms with Crippen molar-refractivity contribution >= 4 is 5.78 Å². The van der Waals surface area contributed by atoms with Crippen molar-refractivity contribution in [3.05, 3.63) is 0 Å². The van der Waals surface area contributed by atoms with Crippen molar-refractivity contribution in [2.45, 2.75) is 200 Å². The quantitative estimate of drug-likeness (QED) is 0.0831. The molecule has 0 aromatic carbocycles. The summed E-state index contributed by atoms with van der Waals surface area (Å²) in [5, 5.41) is 0. The van der Waals surface area contributed by atoms with E-state index in [9.17, 15) is 4.79 Å². The van der Waals surface area contributed by atoms with E-state index < -0.39 is 5.97 Å². The van der Waals surface area contributed by atoms with Crippen molar-refractivity contribution in [3.8, 4) is 0 Å². The van der Waals surface area contributed by atoms with Crippen molar-refractivity contribution in [2.24, 2.45) is 0 Å². The van der Waals surface area contributed by atoms with Gasteiger partial charge in [0, 0.05) is 6.42 Å². The molecule has 1 aliphatic heterocycles. The Bertz CT molecular complexity index is 511. The summed E-state index contributed by atoms with van der Waals surface area (Å²) in [6.45, 7) is 5.47. The maximum Gasteiger partial charge on any atom is 0.283 e. The Labute approximate surface area is 244 Å². The molecule has 39 heavy (non-hydrogen) atoms. The molecule has 1 saturated heterocycles. The Morgan fingerprint density at radius 3 is 1.15 bits per heavy atom. The summed E-state index contributed by atoms with van der Waals surface area (Å²) in [4.78, 5) is 11.6. The minimum Gasteiger partial charge on any atom is -0.327 e. The summed E-state index contributed by atoms with van der Waals surface area (Å²) in [6, 6.07) is 0. The van der Waals surface area contributed by atoms with E-state index >= 15 is 0 Å². The van der Waals surface area contributed by atoms with Crippen LogP contribution in [0.25, 0.3) is 0 Å². The van der Waals surface area contributed by atoms with Gasteiger partial charge in [0.25, 0.3) is 5.97 Å². The number of hydrogen-bond donors (Lipinski definition) is 0. The van der Waals surface area contributed by atoms with E-state index in [4.69, 9.17) is 14.2 Å². The van der Waals surface area contributed by atoms with Crippen LogP contribution < -0.4 is 0 Å². The molecule has 0 amide bonds. The lowest BCUT2D eigenvalue weighted by molar-refractivity contribution is -0.389. The average molecular weight is 553 g/mol. The van der Waals surface area contributed by atoms with Crippen LogP contribution in [0.1, 0.15) is 194 Å². The van der Waals surface area contributed by atoms with Crippen molar-refractivity contribution in [1.29, 1.82) is 0 Å². The summed E-state index contributed by atoms with van der Waals surface area (Å²) < 4.78 is 17.8. The van der Waals surface area contributed by atoms with Crippen LogP contribution in [0.5, 0.6) is 0 Å². The first-order valence-electron chi connectivity index (χ1n) is 17.7. The van der Waals surface area contributed by atoms with Crippen LogP contribution in [0.3, 0.4) is 0 Å². The summed E-state index contributed by atoms with van der Waals surface area (Å²) in [5.41, 5.74) is 0. The molecule has 4 heteroatoms. The highest BCUT2D eigenvalue weighted by Crippen LogP contribution is 2.27. The number of ether oxygens (including phenoxy) is 3. The third-order valence-electron chi connectivity index (χ3n) is 8.31. The standard InChI is InChI=1S/C35H68O4/c1-3-5-7-9-11-13-15-17-19-21-23-25-27-29-31-37-35(38-32-34(36)33-39-35)30-28-26-24-22-20-18-16-14-12-10-8-6-4-2/h3-33H2,1-2H3. The largest absolute Gasteiger partial charge is 0.327 e. The molecule has 1 heterocycles. The molecule has 0 aromatic rings. The fourth-order valence-electron chi connectivity index (χ4n) is 5.65. The van der Waals surface area contributed by atoms with Crippen LogP contribution in [0.4, 0.5) is 0 Å². The third-order valence-corrected chi connectivity index (χ3v) is 8.31. The van der Waals surface area contributed by atoms with Crippen molar-refractivity contribution in [2.75, 3.05) is 19.8 Å². The topological polar surface area (TPSA) is 44.8 Å². The normalized spacial score (nSPS) is 15.3. The first kappa shape index (κ1) is 36.6. The lowest BCUT2D eigenvalue weighted by Gasteiger charge is -2.36. The lowest BCUT2D eigenvalue weighted by Crippen LogP contribution is -2.47.